The summed E-state index contributed by atoms with van der Waals surface area (Å²) in [5.74, 6) is 1.00. The number of aryl methyl sites for hydroxylation is 1. The second kappa shape index (κ2) is 6.83. The average Bonchev–Trinajstić information content (AvgIpc) is 3.08. The first-order chi connectivity index (χ1) is 12.2. The fraction of sp³-hybridized carbons (Fsp3) is 0.381. The maximum absolute atomic E-state index is 6.26. The molecule has 2 atom stereocenters. The first kappa shape index (κ1) is 16.6. The summed E-state index contributed by atoms with van der Waals surface area (Å²) in [6.45, 7) is 4.38. The predicted molar refractivity (Wildman–Crippen MR) is 105 cm³/mol. The van der Waals surface area contributed by atoms with E-state index in [2.05, 4.69) is 77.3 Å². The second-order valence-electron chi connectivity index (χ2n) is 6.74. The van der Waals surface area contributed by atoms with E-state index in [4.69, 9.17) is 9.84 Å². The first-order valence-electron chi connectivity index (χ1n) is 9.10. The van der Waals surface area contributed by atoms with E-state index in [1.54, 1.807) is 0 Å². The van der Waals surface area contributed by atoms with Crippen LogP contribution in [0.15, 0.2) is 52.0 Å². The number of halogens is 1. The minimum absolute atomic E-state index is 0.0242. The lowest BCUT2D eigenvalue weighted by Gasteiger charge is -2.38. The van der Waals surface area contributed by atoms with Crippen molar-refractivity contribution in [1.82, 2.24) is 5.01 Å². The monoisotopic (exact) mass is 398 g/mol. The van der Waals surface area contributed by atoms with Crippen molar-refractivity contribution in [2.24, 2.45) is 5.10 Å². The lowest BCUT2D eigenvalue weighted by molar-refractivity contribution is -0.0223. The van der Waals surface area contributed by atoms with Gasteiger partial charge in [-0.25, -0.2) is 0 Å². The largest absolute Gasteiger partial charge is 0.469 e. The molecule has 0 bridgehead atoms. The van der Waals surface area contributed by atoms with E-state index in [0.29, 0.717) is 0 Å². The lowest BCUT2D eigenvalue weighted by Crippen LogP contribution is -2.40. The number of hydrogen-bond donors (Lipinski definition) is 0. The lowest BCUT2D eigenvalue weighted by atomic mass is 9.96. The van der Waals surface area contributed by atoms with Crippen molar-refractivity contribution >= 4 is 21.6 Å². The minimum Gasteiger partial charge on any atom is -0.469 e. The molecule has 2 aromatic rings. The van der Waals surface area contributed by atoms with Crippen LogP contribution in [0.3, 0.4) is 0 Å². The molecular formula is C21H23BrN2O. The molecule has 4 heteroatoms. The predicted octanol–water partition coefficient (Wildman–Crippen LogP) is 5.68. The molecule has 0 aromatic heterocycles. The Bertz CT molecular complexity index is 800. The van der Waals surface area contributed by atoms with Gasteiger partial charge in [0.15, 0.2) is 6.23 Å². The zero-order chi connectivity index (χ0) is 17.4. The summed E-state index contributed by atoms with van der Waals surface area (Å²) in [5.41, 5.74) is 4.97. The van der Waals surface area contributed by atoms with Gasteiger partial charge in [-0.15, -0.1) is 0 Å². The number of hydrazone groups is 1. The molecule has 0 aliphatic carbocycles. The number of benzene rings is 2. The zero-order valence-corrected chi connectivity index (χ0v) is 16.3. The normalized spacial score (nSPS) is 21.4. The van der Waals surface area contributed by atoms with Crippen LogP contribution in [0.5, 0.6) is 5.75 Å². The molecule has 0 saturated carbocycles. The van der Waals surface area contributed by atoms with Gasteiger partial charge in [-0.1, -0.05) is 60.5 Å². The summed E-state index contributed by atoms with van der Waals surface area (Å²) in [6, 6.07) is 15.4. The highest BCUT2D eigenvalue weighted by Crippen LogP contribution is 2.44. The number of ether oxygens (including phenoxy) is 1. The molecule has 0 saturated heterocycles. The molecule has 2 aromatic carbocycles. The van der Waals surface area contributed by atoms with Crippen molar-refractivity contribution in [2.75, 3.05) is 0 Å². The molecule has 2 aliphatic rings. The van der Waals surface area contributed by atoms with Crippen molar-refractivity contribution < 1.29 is 4.74 Å². The second-order valence-corrected chi connectivity index (χ2v) is 7.66. The molecule has 2 unspecified atom stereocenters. The third-order valence-electron chi connectivity index (χ3n) is 5.06. The zero-order valence-electron chi connectivity index (χ0n) is 14.7. The average molecular weight is 399 g/mol. The molecule has 2 aliphatic heterocycles. The van der Waals surface area contributed by atoms with Crippen LogP contribution >= 0.6 is 15.9 Å². The van der Waals surface area contributed by atoms with Crippen molar-refractivity contribution in [3.05, 3.63) is 63.6 Å². The Hall–Kier alpha value is -1.81. The SMILES string of the molecule is CCCC1Oc2ccc(Br)cc2C2CC(c3ccc(CC)cc3)=NN12. The first-order valence-corrected chi connectivity index (χ1v) is 9.90. The van der Waals surface area contributed by atoms with E-state index in [9.17, 15) is 0 Å². The Morgan fingerprint density at radius 1 is 1.16 bits per heavy atom. The molecule has 25 heavy (non-hydrogen) atoms. The number of nitrogens with zero attached hydrogens (tertiary/aromatic N) is 2. The number of fused-ring (bicyclic) bond motifs is 3. The molecule has 0 radical (unpaired) electrons. The fourth-order valence-corrected chi connectivity index (χ4v) is 4.06. The molecule has 0 amide bonds. The molecular weight excluding hydrogens is 376 g/mol. The topological polar surface area (TPSA) is 24.8 Å². The Labute approximate surface area is 157 Å². The van der Waals surface area contributed by atoms with Gasteiger partial charge in [0.2, 0.25) is 0 Å². The quantitative estimate of drug-likeness (QED) is 0.661. The van der Waals surface area contributed by atoms with Crippen LogP contribution in [0.25, 0.3) is 0 Å². The number of hydrogen-bond acceptors (Lipinski definition) is 3. The van der Waals surface area contributed by atoms with Crippen molar-refractivity contribution in [2.45, 2.75) is 51.8 Å². The smallest absolute Gasteiger partial charge is 0.187 e. The van der Waals surface area contributed by atoms with Crippen molar-refractivity contribution in [3.63, 3.8) is 0 Å². The van der Waals surface area contributed by atoms with Gasteiger partial charge in [-0.2, -0.15) is 5.10 Å². The van der Waals surface area contributed by atoms with Crippen molar-refractivity contribution in [1.29, 1.82) is 0 Å². The molecule has 0 fully saturated rings. The van der Waals surface area contributed by atoms with Crippen LogP contribution in [-0.2, 0) is 6.42 Å². The van der Waals surface area contributed by atoms with Gasteiger partial charge in [-0.3, -0.25) is 5.01 Å². The van der Waals surface area contributed by atoms with Crippen molar-refractivity contribution in [3.8, 4) is 5.75 Å². The summed E-state index contributed by atoms with van der Waals surface area (Å²) < 4.78 is 7.35. The third kappa shape index (κ3) is 3.08. The summed E-state index contributed by atoms with van der Waals surface area (Å²) in [6.07, 6.45) is 4.08. The summed E-state index contributed by atoms with van der Waals surface area (Å²) in [5, 5.41) is 7.16. The Morgan fingerprint density at radius 3 is 2.68 bits per heavy atom. The molecule has 130 valence electrons. The van der Waals surface area contributed by atoms with Crippen LogP contribution in [0, 0.1) is 0 Å². The Kier molecular flexibility index (Phi) is 4.55. The van der Waals surface area contributed by atoms with E-state index in [-0.39, 0.29) is 12.3 Å². The van der Waals surface area contributed by atoms with Crippen LogP contribution in [-0.4, -0.2) is 16.9 Å². The van der Waals surface area contributed by atoms with Gasteiger partial charge >= 0.3 is 0 Å². The van der Waals surface area contributed by atoms with E-state index in [1.807, 2.05) is 0 Å². The van der Waals surface area contributed by atoms with Gasteiger partial charge in [0, 0.05) is 22.9 Å². The van der Waals surface area contributed by atoms with Gasteiger partial charge in [0.05, 0.1) is 11.8 Å². The molecule has 3 nitrogen and oxygen atoms in total. The Balaban J connectivity index is 1.69. The van der Waals surface area contributed by atoms with E-state index >= 15 is 0 Å². The maximum atomic E-state index is 6.26. The molecule has 0 N–H and O–H groups in total. The number of rotatable bonds is 4. The summed E-state index contributed by atoms with van der Waals surface area (Å²) in [7, 11) is 0. The molecule has 2 heterocycles. The van der Waals surface area contributed by atoms with E-state index < -0.39 is 0 Å². The van der Waals surface area contributed by atoms with Gasteiger partial charge in [-0.05, 0) is 35.7 Å². The van der Waals surface area contributed by atoms with E-state index in [0.717, 1.165) is 41.6 Å². The van der Waals surface area contributed by atoms with E-state index in [1.165, 1.54) is 16.7 Å². The minimum atomic E-state index is 0.0242. The highest BCUT2D eigenvalue weighted by molar-refractivity contribution is 9.10. The van der Waals surface area contributed by atoms with Gasteiger partial charge < -0.3 is 4.74 Å². The maximum Gasteiger partial charge on any atom is 0.187 e. The van der Waals surface area contributed by atoms with Crippen LogP contribution < -0.4 is 4.74 Å². The Morgan fingerprint density at radius 2 is 1.96 bits per heavy atom. The highest BCUT2D eigenvalue weighted by atomic mass is 79.9. The summed E-state index contributed by atoms with van der Waals surface area (Å²) in [4.78, 5) is 0. The van der Waals surface area contributed by atoms with Gasteiger partial charge in [0.1, 0.15) is 5.75 Å². The highest BCUT2D eigenvalue weighted by Gasteiger charge is 2.39. The van der Waals surface area contributed by atoms with Crippen LogP contribution in [0.2, 0.25) is 0 Å². The molecule has 4 rings (SSSR count). The summed E-state index contributed by atoms with van der Waals surface area (Å²) >= 11 is 3.60. The fourth-order valence-electron chi connectivity index (χ4n) is 3.68. The standard InChI is InChI=1S/C21H23BrN2O/c1-3-5-21-24-19(17-12-16(22)10-11-20(17)25-21)13-18(23-24)15-8-6-14(4-2)7-9-15/h6-12,19,21H,3-5,13H2,1-2H3. The third-order valence-corrected chi connectivity index (χ3v) is 5.56. The van der Waals surface area contributed by atoms with Gasteiger partial charge in [0.25, 0.3) is 0 Å². The van der Waals surface area contributed by atoms with Crippen LogP contribution in [0.1, 0.15) is 55.8 Å². The van der Waals surface area contributed by atoms with Crippen LogP contribution in [0.4, 0.5) is 0 Å². The molecule has 0 spiro atoms.